The van der Waals surface area contributed by atoms with Gasteiger partial charge in [0.05, 0.1) is 0 Å². The Morgan fingerprint density at radius 1 is 1.23 bits per heavy atom. The summed E-state index contributed by atoms with van der Waals surface area (Å²) in [6.45, 7) is 7.62. The van der Waals surface area contributed by atoms with Crippen LogP contribution in [0, 0.1) is 5.92 Å². The van der Waals surface area contributed by atoms with Gasteiger partial charge in [-0.2, -0.15) is 0 Å². The van der Waals surface area contributed by atoms with E-state index in [-0.39, 0.29) is 0 Å². The third-order valence-corrected chi connectivity index (χ3v) is 3.76. The summed E-state index contributed by atoms with van der Waals surface area (Å²) in [7, 11) is 0. The lowest BCUT2D eigenvalue weighted by Crippen LogP contribution is -2.48. The fourth-order valence-electron chi connectivity index (χ4n) is 2.30. The number of hydrogen-bond donors (Lipinski definition) is 1. The molecule has 0 radical (unpaired) electrons. The Morgan fingerprint density at radius 2 is 1.85 bits per heavy atom. The zero-order valence-corrected chi connectivity index (χ0v) is 8.76. The highest BCUT2D eigenvalue weighted by molar-refractivity contribution is 5.02. The predicted molar refractivity (Wildman–Crippen MR) is 48.0 cm³/mol. The van der Waals surface area contributed by atoms with Crippen molar-refractivity contribution in [3.05, 3.63) is 0 Å². The molecule has 0 aliphatic carbocycles. The Bertz CT molecular complexity index is 234. The SMILES string of the molecule is C[C@H]1CC[C@@]2(C)O[C@@]1(C)O[C@]2(C)O. The molecule has 76 valence electrons. The molecular formula is C10H18O3. The lowest BCUT2D eigenvalue weighted by Gasteiger charge is -2.38. The first kappa shape index (κ1) is 9.44. The first-order valence-corrected chi connectivity index (χ1v) is 4.92. The molecule has 2 saturated heterocycles. The molecule has 3 nitrogen and oxygen atoms in total. The number of ether oxygens (including phenoxy) is 2. The van der Waals surface area contributed by atoms with Crippen molar-refractivity contribution in [1.29, 1.82) is 0 Å². The molecule has 3 heteroatoms. The van der Waals surface area contributed by atoms with Crippen LogP contribution in [0.25, 0.3) is 0 Å². The van der Waals surface area contributed by atoms with E-state index in [4.69, 9.17) is 9.47 Å². The van der Waals surface area contributed by atoms with E-state index >= 15 is 0 Å². The molecule has 1 N–H and O–H groups in total. The largest absolute Gasteiger partial charge is 0.363 e. The van der Waals surface area contributed by atoms with Crippen LogP contribution in [0.2, 0.25) is 0 Å². The zero-order valence-electron chi connectivity index (χ0n) is 8.76. The molecular weight excluding hydrogens is 168 g/mol. The molecule has 0 saturated carbocycles. The van der Waals surface area contributed by atoms with Gasteiger partial charge in [-0.05, 0) is 33.6 Å². The molecule has 2 bridgehead atoms. The molecule has 2 heterocycles. The first-order chi connectivity index (χ1) is 5.79. The van der Waals surface area contributed by atoms with E-state index in [1.807, 2.05) is 13.8 Å². The van der Waals surface area contributed by atoms with Gasteiger partial charge in [-0.25, -0.2) is 0 Å². The average molecular weight is 186 g/mol. The second kappa shape index (κ2) is 2.27. The highest BCUT2D eigenvalue weighted by Gasteiger charge is 2.63. The summed E-state index contributed by atoms with van der Waals surface area (Å²) in [6, 6.07) is 0. The van der Waals surface area contributed by atoms with E-state index < -0.39 is 17.2 Å². The topological polar surface area (TPSA) is 38.7 Å². The van der Waals surface area contributed by atoms with Crippen LogP contribution >= 0.6 is 0 Å². The standard InChI is InChI=1S/C10H18O3/c1-7-5-6-8(2)10(4,11)13-9(7,3)12-8/h7,11H,5-6H2,1-4H3/t7-,8+,9-,10-/m0/s1. The van der Waals surface area contributed by atoms with Gasteiger partial charge in [0.25, 0.3) is 0 Å². The third-order valence-electron chi connectivity index (χ3n) is 3.76. The van der Waals surface area contributed by atoms with Gasteiger partial charge < -0.3 is 14.6 Å². The van der Waals surface area contributed by atoms with Crippen molar-refractivity contribution in [1.82, 2.24) is 0 Å². The van der Waals surface area contributed by atoms with E-state index in [0.29, 0.717) is 5.92 Å². The lowest BCUT2D eigenvalue weighted by atomic mass is 9.84. The molecule has 0 aromatic rings. The fraction of sp³-hybridized carbons (Fsp3) is 1.00. The quantitative estimate of drug-likeness (QED) is 0.625. The fourth-order valence-corrected chi connectivity index (χ4v) is 2.30. The minimum atomic E-state index is -1.15. The number of aliphatic hydroxyl groups is 1. The summed E-state index contributed by atoms with van der Waals surface area (Å²) >= 11 is 0. The van der Waals surface area contributed by atoms with Gasteiger partial charge in [0, 0.05) is 5.92 Å². The average Bonchev–Trinajstić information content (AvgIpc) is 2.10. The molecule has 13 heavy (non-hydrogen) atoms. The minimum Gasteiger partial charge on any atom is -0.363 e. The lowest BCUT2D eigenvalue weighted by molar-refractivity contribution is -0.250. The van der Waals surface area contributed by atoms with Gasteiger partial charge in [-0.3, -0.25) is 0 Å². The van der Waals surface area contributed by atoms with Gasteiger partial charge >= 0.3 is 0 Å². The van der Waals surface area contributed by atoms with Crippen LogP contribution < -0.4 is 0 Å². The van der Waals surface area contributed by atoms with Crippen molar-refractivity contribution in [2.24, 2.45) is 5.92 Å². The van der Waals surface area contributed by atoms with Crippen LogP contribution in [0.1, 0.15) is 40.5 Å². The van der Waals surface area contributed by atoms with Crippen LogP contribution in [-0.2, 0) is 9.47 Å². The molecule has 2 aliphatic heterocycles. The van der Waals surface area contributed by atoms with Gasteiger partial charge in [0.2, 0.25) is 0 Å². The summed E-state index contributed by atoms with van der Waals surface area (Å²) in [5.74, 6) is -1.40. The van der Waals surface area contributed by atoms with Crippen LogP contribution in [0.4, 0.5) is 0 Å². The van der Waals surface area contributed by atoms with Crippen molar-refractivity contribution in [3.8, 4) is 0 Å². The second-order valence-electron chi connectivity index (χ2n) is 4.87. The minimum absolute atomic E-state index is 0.342. The van der Waals surface area contributed by atoms with E-state index in [9.17, 15) is 5.11 Å². The number of rotatable bonds is 0. The maximum Gasteiger partial charge on any atom is 0.195 e. The van der Waals surface area contributed by atoms with E-state index in [1.54, 1.807) is 6.92 Å². The molecule has 0 aromatic carbocycles. The van der Waals surface area contributed by atoms with Crippen molar-refractivity contribution >= 4 is 0 Å². The van der Waals surface area contributed by atoms with Crippen molar-refractivity contribution in [3.63, 3.8) is 0 Å². The van der Waals surface area contributed by atoms with Crippen LogP contribution in [-0.4, -0.2) is 22.3 Å². The number of fused-ring (bicyclic) bond motifs is 2. The highest BCUT2D eigenvalue weighted by Crippen LogP contribution is 2.53. The summed E-state index contributed by atoms with van der Waals surface area (Å²) in [5, 5.41) is 10.1. The van der Waals surface area contributed by atoms with Crippen molar-refractivity contribution in [2.75, 3.05) is 0 Å². The smallest absolute Gasteiger partial charge is 0.195 e. The molecule has 0 unspecified atom stereocenters. The van der Waals surface area contributed by atoms with Crippen molar-refractivity contribution < 1.29 is 14.6 Å². The Kier molecular flexibility index (Phi) is 1.65. The van der Waals surface area contributed by atoms with Gasteiger partial charge in [0.1, 0.15) is 5.60 Å². The Morgan fingerprint density at radius 3 is 2.38 bits per heavy atom. The molecule has 4 atom stereocenters. The molecule has 0 aromatic heterocycles. The van der Waals surface area contributed by atoms with Gasteiger partial charge in [-0.1, -0.05) is 6.92 Å². The summed E-state index contributed by atoms with van der Waals surface area (Å²) in [6.07, 6.45) is 1.90. The van der Waals surface area contributed by atoms with E-state index in [2.05, 4.69) is 6.92 Å². The van der Waals surface area contributed by atoms with Crippen LogP contribution in [0.3, 0.4) is 0 Å². The van der Waals surface area contributed by atoms with Crippen LogP contribution in [0.5, 0.6) is 0 Å². The third kappa shape index (κ3) is 1.07. The number of hydrogen-bond acceptors (Lipinski definition) is 3. The summed E-state index contributed by atoms with van der Waals surface area (Å²) in [5.41, 5.74) is -0.533. The predicted octanol–water partition coefficient (Wildman–Crippen LogP) is 1.65. The summed E-state index contributed by atoms with van der Waals surface area (Å²) in [4.78, 5) is 0. The maximum absolute atomic E-state index is 10.1. The monoisotopic (exact) mass is 186 g/mol. The second-order valence-corrected chi connectivity index (χ2v) is 4.87. The van der Waals surface area contributed by atoms with Crippen LogP contribution in [0.15, 0.2) is 0 Å². The van der Waals surface area contributed by atoms with Gasteiger partial charge in [0.15, 0.2) is 11.6 Å². The molecule has 2 fully saturated rings. The van der Waals surface area contributed by atoms with Crippen molar-refractivity contribution in [2.45, 2.75) is 57.7 Å². The Balaban J connectivity index is 2.37. The Labute approximate surface area is 79.0 Å². The van der Waals surface area contributed by atoms with Gasteiger partial charge in [-0.15, -0.1) is 0 Å². The molecule has 2 rings (SSSR count). The maximum atomic E-state index is 10.1. The Hall–Kier alpha value is -0.120. The highest BCUT2D eigenvalue weighted by atomic mass is 16.8. The normalized spacial score (nSPS) is 61.2. The molecule has 2 aliphatic rings. The van der Waals surface area contributed by atoms with E-state index in [0.717, 1.165) is 12.8 Å². The van der Waals surface area contributed by atoms with E-state index in [1.165, 1.54) is 0 Å². The molecule has 0 spiro atoms. The first-order valence-electron chi connectivity index (χ1n) is 4.92. The summed E-state index contributed by atoms with van der Waals surface area (Å²) < 4.78 is 11.4. The molecule has 0 amide bonds. The zero-order chi connectivity index (χ0) is 9.91.